The molecule has 0 aliphatic carbocycles. The van der Waals surface area contributed by atoms with E-state index < -0.39 is 0 Å². The SMILES string of the molecule is O=c1n(Cc2cccc(O)c2)nc2c(-c3ccc(Cl)cc3)c(-c3ccc(Cl)cc3)cnn12. The van der Waals surface area contributed by atoms with Crippen LogP contribution in [0.25, 0.3) is 27.9 Å². The zero-order chi connectivity index (χ0) is 22.2. The second-order valence-electron chi connectivity index (χ2n) is 7.29. The summed E-state index contributed by atoms with van der Waals surface area (Å²) in [6.07, 6.45) is 1.65. The second kappa shape index (κ2) is 8.15. The standard InChI is InChI=1S/C24H16Cl2N4O2/c25-18-8-4-16(5-9-18)21-13-27-30-23(22(21)17-6-10-19(26)11-7-17)28-29(24(30)32)14-15-2-1-3-20(31)12-15/h1-13,31H,14H2. The van der Waals surface area contributed by atoms with Gasteiger partial charge in [0.15, 0.2) is 5.65 Å². The molecule has 0 amide bonds. The molecule has 0 saturated carbocycles. The van der Waals surface area contributed by atoms with E-state index in [1.807, 2.05) is 30.3 Å². The molecule has 0 atom stereocenters. The van der Waals surface area contributed by atoms with Crippen molar-refractivity contribution in [3.63, 3.8) is 0 Å². The number of aromatic hydroxyl groups is 1. The highest BCUT2D eigenvalue weighted by molar-refractivity contribution is 6.31. The van der Waals surface area contributed by atoms with Crippen molar-refractivity contribution in [1.82, 2.24) is 19.4 Å². The van der Waals surface area contributed by atoms with Gasteiger partial charge in [0.25, 0.3) is 0 Å². The summed E-state index contributed by atoms with van der Waals surface area (Å²) in [5.41, 5.74) is 4.11. The highest BCUT2D eigenvalue weighted by Gasteiger charge is 2.19. The van der Waals surface area contributed by atoms with E-state index >= 15 is 0 Å². The smallest absolute Gasteiger partial charge is 0.367 e. The van der Waals surface area contributed by atoms with Crippen molar-refractivity contribution in [1.29, 1.82) is 0 Å². The van der Waals surface area contributed by atoms with Gasteiger partial charge < -0.3 is 5.11 Å². The minimum Gasteiger partial charge on any atom is -0.508 e. The van der Waals surface area contributed by atoms with E-state index in [1.165, 1.54) is 9.20 Å². The first kappa shape index (κ1) is 20.3. The molecule has 2 heterocycles. The zero-order valence-electron chi connectivity index (χ0n) is 16.6. The fourth-order valence-electron chi connectivity index (χ4n) is 3.64. The summed E-state index contributed by atoms with van der Waals surface area (Å²) in [5.74, 6) is 0.129. The van der Waals surface area contributed by atoms with Crippen molar-refractivity contribution in [2.45, 2.75) is 6.54 Å². The third kappa shape index (κ3) is 3.75. The van der Waals surface area contributed by atoms with Crippen LogP contribution < -0.4 is 5.69 Å². The molecule has 0 unspecified atom stereocenters. The molecule has 0 fully saturated rings. The number of aromatic nitrogens is 4. The molecule has 5 rings (SSSR count). The molecule has 1 N–H and O–H groups in total. The van der Waals surface area contributed by atoms with E-state index in [9.17, 15) is 9.90 Å². The van der Waals surface area contributed by atoms with Crippen LogP contribution in [-0.2, 0) is 6.54 Å². The molecule has 158 valence electrons. The number of hydrogen-bond acceptors (Lipinski definition) is 4. The highest BCUT2D eigenvalue weighted by atomic mass is 35.5. The van der Waals surface area contributed by atoms with E-state index in [4.69, 9.17) is 23.2 Å². The highest BCUT2D eigenvalue weighted by Crippen LogP contribution is 2.35. The Bertz CT molecular complexity index is 1490. The molecular weight excluding hydrogens is 447 g/mol. The van der Waals surface area contributed by atoms with E-state index in [1.54, 1.807) is 48.7 Å². The first-order valence-electron chi connectivity index (χ1n) is 9.78. The number of benzene rings is 3. The molecule has 0 saturated heterocycles. The quantitative estimate of drug-likeness (QED) is 0.394. The van der Waals surface area contributed by atoms with Gasteiger partial charge in [-0.1, -0.05) is 59.6 Å². The van der Waals surface area contributed by atoms with Crippen LogP contribution in [0.4, 0.5) is 0 Å². The fourth-order valence-corrected chi connectivity index (χ4v) is 3.89. The van der Waals surface area contributed by atoms with Crippen LogP contribution in [0.15, 0.2) is 83.8 Å². The zero-order valence-corrected chi connectivity index (χ0v) is 18.1. The summed E-state index contributed by atoms with van der Waals surface area (Å²) >= 11 is 12.2. The van der Waals surface area contributed by atoms with E-state index in [0.29, 0.717) is 15.7 Å². The average Bonchev–Trinajstić information content (AvgIpc) is 3.10. The summed E-state index contributed by atoms with van der Waals surface area (Å²) in [4.78, 5) is 13.0. The summed E-state index contributed by atoms with van der Waals surface area (Å²) < 4.78 is 2.62. The average molecular weight is 463 g/mol. The lowest BCUT2D eigenvalue weighted by Gasteiger charge is -2.11. The number of halogens is 2. The number of phenols is 1. The minimum atomic E-state index is -0.374. The van der Waals surface area contributed by atoms with Gasteiger partial charge in [-0.3, -0.25) is 0 Å². The summed E-state index contributed by atoms with van der Waals surface area (Å²) in [6.45, 7) is 0.201. The van der Waals surface area contributed by atoms with Crippen molar-refractivity contribution in [3.05, 3.63) is 105 Å². The fraction of sp³-hybridized carbons (Fsp3) is 0.0417. The topological polar surface area (TPSA) is 72.4 Å². The maximum atomic E-state index is 13.0. The predicted octanol–water partition coefficient (Wildman–Crippen LogP) is 5.29. The van der Waals surface area contributed by atoms with Crippen molar-refractivity contribution in [3.8, 4) is 28.0 Å². The van der Waals surface area contributed by atoms with Gasteiger partial charge in [-0.15, -0.1) is 5.10 Å². The van der Waals surface area contributed by atoms with Crippen LogP contribution >= 0.6 is 23.2 Å². The molecule has 32 heavy (non-hydrogen) atoms. The number of rotatable bonds is 4. The molecule has 0 radical (unpaired) electrons. The number of phenolic OH excluding ortho intramolecular Hbond substituents is 1. The monoisotopic (exact) mass is 462 g/mol. The van der Waals surface area contributed by atoms with Gasteiger partial charge in [0.2, 0.25) is 0 Å². The lowest BCUT2D eigenvalue weighted by molar-refractivity contribution is 0.474. The maximum absolute atomic E-state index is 13.0. The van der Waals surface area contributed by atoms with Gasteiger partial charge >= 0.3 is 5.69 Å². The number of fused-ring (bicyclic) bond motifs is 1. The van der Waals surface area contributed by atoms with Crippen LogP contribution in [0.2, 0.25) is 10.0 Å². The van der Waals surface area contributed by atoms with Gasteiger partial charge in [-0.2, -0.15) is 9.61 Å². The Hall–Kier alpha value is -3.61. The molecule has 0 aliphatic heterocycles. The molecule has 5 aromatic rings. The van der Waals surface area contributed by atoms with Crippen molar-refractivity contribution in [2.75, 3.05) is 0 Å². The molecular formula is C24H16Cl2N4O2. The predicted molar refractivity (Wildman–Crippen MR) is 125 cm³/mol. The summed E-state index contributed by atoms with van der Waals surface area (Å²) in [7, 11) is 0. The molecule has 3 aromatic carbocycles. The van der Waals surface area contributed by atoms with Gasteiger partial charge in [0, 0.05) is 21.2 Å². The third-order valence-electron chi connectivity index (χ3n) is 5.14. The lowest BCUT2D eigenvalue weighted by atomic mass is 9.97. The first-order valence-corrected chi connectivity index (χ1v) is 10.5. The van der Waals surface area contributed by atoms with Gasteiger partial charge in [0.1, 0.15) is 5.75 Å². The molecule has 6 nitrogen and oxygen atoms in total. The number of nitrogens with zero attached hydrogens (tertiary/aromatic N) is 4. The normalized spacial score (nSPS) is 11.2. The van der Waals surface area contributed by atoms with E-state index in [2.05, 4.69) is 10.2 Å². The van der Waals surface area contributed by atoms with Crippen LogP contribution in [0.1, 0.15) is 5.56 Å². The van der Waals surface area contributed by atoms with Crippen LogP contribution in [0, 0.1) is 0 Å². The minimum absolute atomic E-state index is 0.129. The van der Waals surface area contributed by atoms with Gasteiger partial charge in [-0.05, 0) is 53.1 Å². The molecule has 2 aromatic heterocycles. The lowest BCUT2D eigenvalue weighted by Crippen LogP contribution is -2.22. The van der Waals surface area contributed by atoms with E-state index in [-0.39, 0.29) is 18.0 Å². The van der Waals surface area contributed by atoms with Gasteiger partial charge in [0.05, 0.1) is 12.7 Å². The van der Waals surface area contributed by atoms with E-state index in [0.717, 1.165) is 27.8 Å². The molecule has 0 spiro atoms. The Morgan fingerprint density at radius 3 is 2.19 bits per heavy atom. The van der Waals surface area contributed by atoms with Gasteiger partial charge in [-0.25, -0.2) is 9.48 Å². The van der Waals surface area contributed by atoms with Crippen LogP contribution in [-0.4, -0.2) is 24.5 Å². The van der Waals surface area contributed by atoms with Crippen molar-refractivity contribution in [2.24, 2.45) is 0 Å². The Balaban J connectivity index is 1.74. The number of hydrogen-bond donors (Lipinski definition) is 1. The largest absolute Gasteiger partial charge is 0.508 e. The second-order valence-corrected chi connectivity index (χ2v) is 8.17. The summed E-state index contributed by atoms with van der Waals surface area (Å²) in [6, 6.07) is 21.5. The van der Waals surface area contributed by atoms with Crippen molar-refractivity contribution >= 4 is 28.8 Å². The molecule has 0 bridgehead atoms. The first-order chi connectivity index (χ1) is 15.5. The van der Waals surface area contributed by atoms with Crippen molar-refractivity contribution < 1.29 is 5.11 Å². The maximum Gasteiger partial charge on any atom is 0.367 e. The molecule has 0 aliphatic rings. The molecule has 8 heteroatoms. The third-order valence-corrected chi connectivity index (χ3v) is 5.65. The Kier molecular flexibility index (Phi) is 5.17. The summed E-state index contributed by atoms with van der Waals surface area (Å²) in [5, 5.41) is 20.0. The Morgan fingerprint density at radius 2 is 1.53 bits per heavy atom. The Labute approximate surface area is 192 Å². The Morgan fingerprint density at radius 1 is 0.875 bits per heavy atom. The van der Waals surface area contributed by atoms with Crippen LogP contribution in [0.5, 0.6) is 5.75 Å². The van der Waals surface area contributed by atoms with Crippen LogP contribution in [0.3, 0.4) is 0 Å².